The summed E-state index contributed by atoms with van der Waals surface area (Å²) in [6.07, 6.45) is -0.353. The Morgan fingerprint density at radius 1 is 1.27 bits per heavy atom. The molecule has 3 rings (SSSR count). The Hall–Kier alpha value is -3.08. The van der Waals surface area contributed by atoms with Crippen molar-refractivity contribution in [3.63, 3.8) is 0 Å². The molecule has 0 aliphatic carbocycles. The molecule has 1 aromatic carbocycles. The van der Waals surface area contributed by atoms with Crippen molar-refractivity contribution in [2.75, 3.05) is 13.7 Å². The summed E-state index contributed by atoms with van der Waals surface area (Å²) in [7, 11) is 1.53. The lowest BCUT2D eigenvalue weighted by Gasteiger charge is -2.30. The largest absolute Gasteiger partial charge is 0.495 e. The quantitative estimate of drug-likeness (QED) is 0.822. The van der Waals surface area contributed by atoms with E-state index in [1.807, 2.05) is 31.4 Å². The number of carbonyl (C=O) groups is 1. The number of ether oxygens (including phenoxy) is 2. The normalized spacial score (nSPS) is 13.7. The summed E-state index contributed by atoms with van der Waals surface area (Å²) in [5.41, 5.74) is 0.739. The SMILES string of the molecule is COc1cc(-c2nnc3n2CCN(C(=O)OC(C)(C)C)C3)ccc1C#N. The van der Waals surface area contributed by atoms with Crippen LogP contribution in [0.1, 0.15) is 32.2 Å². The minimum absolute atomic E-state index is 0.343. The van der Waals surface area contributed by atoms with Gasteiger partial charge in [0.05, 0.1) is 19.2 Å². The van der Waals surface area contributed by atoms with E-state index in [0.717, 1.165) is 5.56 Å². The van der Waals surface area contributed by atoms with Crippen LogP contribution in [0.25, 0.3) is 11.4 Å². The third kappa shape index (κ3) is 3.47. The van der Waals surface area contributed by atoms with E-state index < -0.39 is 5.60 Å². The number of fused-ring (bicyclic) bond motifs is 1. The molecule has 0 unspecified atom stereocenters. The second kappa shape index (κ2) is 6.67. The van der Waals surface area contributed by atoms with Crippen LogP contribution in [0.15, 0.2) is 18.2 Å². The number of carbonyl (C=O) groups excluding carboxylic acids is 1. The summed E-state index contributed by atoms with van der Waals surface area (Å²) in [5, 5.41) is 17.6. The third-order valence-corrected chi connectivity index (χ3v) is 3.99. The van der Waals surface area contributed by atoms with Crippen LogP contribution in [0.5, 0.6) is 5.75 Å². The highest BCUT2D eigenvalue weighted by Crippen LogP contribution is 2.28. The topological polar surface area (TPSA) is 93.3 Å². The highest BCUT2D eigenvalue weighted by atomic mass is 16.6. The molecule has 0 fully saturated rings. The molecule has 1 amide bonds. The second-order valence-corrected chi connectivity index (χ2v) is 7.02. The molecule has 1 aliphatic rings. The number of hydrogen-bond acceptors (Lipinski definition) is 6. The molecule has 136 valence electrons. The molecular weight excluding hydrogens is 334 g/mol. The lowest BCUT2D eigenvalue weighted by Crippen LogP contribution is -2.41. The number of benzene rings is 1. The fraction of sp³-hybridized carbons (Fsp3) is 0.444. The molecule has 0 saturated carbocycles. The van der Waals surface area contributed by atoms with Crippen molar-refractivity contribution in [1.82, 2.24) is 19.7 Å². The van der Waals surface area contributed by atoms with Gasteiger partial charge < -0.3 is 14.0 Å². The number of amides is 1. The van der Waals surface area contributed by atoms with Crippen LogP contribution in [0.4, 0.5) is 4.79 Å². The summed E-state index contributed by atoms with van der Waals surface area (Å²) < 4.78 is 12.7. The third-order valence-electron chi connectivity index (χ3n) is 3.99. The maximum atomic E-state index is 12.3. The number of nitrogens with zero attached hydrogens (tertiary/aromatic N) is 5. The zero-order valence-corrected chi connectivity index (χ0v) is 15.3. The Labute approximate surface area is 151 Å². The Kier molecular flexibility index (Phi) is 4.55. The Morgan fingerprint density at radius 3 is 2.69 bits per heavy atom. The van der Waals surface area contributed by atoms with E-state index in [9.17, 15) is 4.79 Å². The molecule has 26 heavy (non-hydrogen) atoms. The highest BCUT2D eigenvalue weighted by Gasteiger charge is 2.28. The average Bonchev–Trinajstić information content (AvgIpc) is 3.02. The number of rotatable bonds is 2. The molecule has 2 aromatic rings. The number of aromatic nitrogens is 3. The van der Waals surface area contributed by atoms with Gasteiger partial charge in [-0.15, -0.1) is 10.2 Å². The van der Waals surface area contributed by atoms with E-state index in [1.54, 1.807) is 17.0 Å². The molecule has 2 heterocycles. The van der Waals surface area contributed by atoms with E-state index >= 15 is 0 Å². The average molecular weight is 355 g/mol. The zero-order valence-electron chi connectivity index (χ0n) is 15.3. The molecule has 0 saturated heterocycles. The van der Waals surface area contributed by atoms with Crippen molar-refractivity contribution in [3.05, 3.63) is 29.6 Å². The maximum absolute atomic E-state index is 12.3. The van der Waals surface area contributed by atoms with E-state index in [0.29, 0.717) is 42.6 Å². The van der Waals surface area contributed by atoms with Gasteiger partial charge in [0, 0.05) is 18.7 Å². The van der Waals surface area contributed by atoms with E-state index in [-0.39, 0.29) is 6.09 Å². The first kappa shape index (κ1) is 17.7. The highest BCUT2D eigenvalue weighted by molar-refractivity contribution is 5.68. The molecule has 0 atom stereocenters. The van der Waals surface area contributed by atoms with Gasteiger partial charge in [-0.05, 0) is 39.0 Å². The summed E-state index contributed by atoms with van der Waals surface area (Å²) in [6.45, 7) is 6.95. The van der Waals surface area contributed by atoms with Crippen LogP contribution in [0.2, 0.25) is 0 Å². The van der Waals surface area contributed by atoms with Gasteiger partial charge in [0.2, 0.25) is 0 Å². The smallest absolute Gasteiger partial charge is 0.410 e. The maximum Gasteiger partial charge on any atom is 0.410 e. The van der Waals surface area contributed by atoms with Crippen molar-refractivity contribution >= 4 is 6.09 Å². The Morgan fingerprint density at radius 2 is 2.04 bits per heavy atom. The lowest BCUT2D eigenvalue weighted by molar-refractivity contribution is 0.0196. The van der Waals surface area contributed by atoms with E-state index in [1.165, 1.54) is 7.11 Å². The molecule has 1 aromatic heterocycles. The molecule has 0 spiro atoms. The molecule has 0 N–H and O–H groups in total. The Balaban J connectivity index is 1.84. The predicted molar refractivity (Wildman–Crippen MR) is 93.4 cm³/mol. The minimum Gasteiger partial charge on any atom is -0.495 e. The van der Waals surface area contributed by atoms with Gasteiger partial charge in [0.15, 0.2) is 11.6 Å². The Bertz CT molecular complexity index is 876. The van der Waals surface area contributed by atoms with Gasteiger partial charge in [-0.25, -0.2) is 4.79 Å². The first-order chi connectivity index (χ1) is 12.3. The van der Waals surface area contributed by atoms with Crippen LogP contribution in [0, 0.1) is 11.3 Å². The number of methoxy groups -OCH3 is 1. The van der Waals surface area contributed by atoms with Gasteiger partial charge in [-0.1, -0.05) is 0 Å². The van der Waals surface area contributed by atoms with Crippen molar-refractivity contribution in [3.8, 4) is 23.2 Å². The van der Waals surface area contributed by atoms with Crippen LogP contribution >= 0.6 is 0 Å². The van der Waals surface area contributed by atoms with Gasteiger partial charge in [0.1, 0.15) is 17.4 Å². The van der Waals surface area contributed by atoms with Gasteiger partial charge >= 0.3 is 6.09 Å². The van der Waals surface area contributed by atoms with Gasteiger partial charge in [-0.2, -0.15) is 5.26 Å². The summed E-state index contributed by atoms with van der Waals surface area (Å²) in [6, 6.07) is 7.38. The molecular formula is C18H21N5O3. The molecule has 0 radical (unpaired) electrons. The summed E-state index contributed by atoms with van der Waals surface area (Å²) in [5.74, 6) is 1.88. The van der Waals surface area contributed by atoms with Crippen LogP contribution < -0.4 is 4.74 Å². The van der Waals surface area contributed by atoms with Crippen LogP contribution in [0.3, 0.4) is 0 Å². The molecule has 0 bridgehead atoms. The van der Waals surface area contributed by atoms with Gasteiger partial charge in [-0.3, -0.25) is 4.90 Å². The fourth-order valence-corrected chi connectivity index (χ4v) is 2.78. The van der Waals surface area contributed by atoms with Crippen molar-refractivity contribution in [2.24, 2.45) is 0 Å². The van der Waals surface area contributed by atoms with Crippen molar-refractivity contribution in [1.29, 1.82) is 5.26 Å². The van der Waals surface area contributed by atoms with Gasteiger partial charge in [0.25, 0.3) is 0 Å². The number of hydrogen-bond donors (Lipinski definition) is 0. The van der Waals surface area contributed by atoms with Crippen LogP contribution in [-0.2, 0) is 17.8 Å². The summed E-state index contributed by atoms with van der Waals surface area (Å²) >= 11 is 0. The van der Waals surface area contributed by atoms with E-state index in [4.69, 9.17) is 14.7 Å². The second-order valence-electron chi connectivity index (χ2n) is 7.02. The standard InChI is InChI=1S/C18H21N5O3/c1-18(2,3)26-17(24)22-7-8-23-15(11-22)20-21-16(23)12-5-6-13(10-19)14(9-12)25-4/h5-6,9H,7-8,11H2,1-4H3. The minimum atomic E-state index is -0.535. The van der Waals surface area contributed by atoms with E-state index in [2.05, 4.69) is 16.3 Å². The fourth-order valence-electron chi connectivity index (χ4n) is 2.78. The first-order valence-electron chi connectivity index (χ1n) is 8.31. The molecule has 1 aliphatic heterocycles. The number of nitriles is 1. The van der Waals surface area contributed by atoms with Crippen molar-refractivity contribution < 1.29 is 14.3 Å². The van der Waals surface area contributed by atoms with Crippen LogP contribution in [-0.4, -0.2) is 45.0 Å². The monoisotopic (exact) mass is 355 g/mol. The molecule has 8 heteroatoms. The zero-order chi connectivity index (χ0) is 18.9. The first-order valence-corrected chi connectivity index (χ1v) is 8.31. The summed E-state index contributed by atoms with van der Waals surface area (Å²) in [4.78, 5) is 13.9. The predicted octanol–water partition coefficient (Wildman–Crippen LogP) is 2.58. The molecule has 8 nitrogen and oxygen atoms in total. The lowest BCUT2D eigenvalue weighted by atomic mass is 10.1. The van der Waals surface area contributed by atoms with Crippen molar-refractivity contribution in [2.45, 2.75) is 39.5 Å².